The third kappa shape index (κ3) is 4.92. The van der Waals surface area contributed by atoms with E-state index in [0.29, 0.717) is 36.0 Å². The predicted molar refractivity (Wildman–Crippen MR) is 152 cm³/mol. The second-order valence-corrected chi connectivity index (χ2v) is 9.55. The molecule has 1 fully saturated rings. The van der Waals surface area contributed by atoms with Crippen molar-refractivity contribution >= 4 is 28.7 Å². The van der Waals surface area contributed by atoms with Gasteiger partial charge in [-0.2, -0.15) is 5.10 Å². The molecule has 6 N–H and O–H groups in total. The van der Waals surface area contributed by atoms with Gasteiger partial charge in [-0.3, -0.25) is 14.9 Å². The lowest BCUT2D eigenvalue weighted by Gasteiger charge is -2.33. The smallest absolute Gasteiger partial charge is 0.269 e. The van der Waals surface area contributed by atoms with Crippen molar-refractivity contribution in [3.8, 4) is 28.4 Å². The maximum Gasteiger partial charge on any atom is 0.269 e. The quantitative estimate of drug-likeness (QED) is 0.275. The molecule has 1 saturated heterocycles. The first-order valence-corrected chi connectivity index (χ1v) is 12.9. The summed E-state index contributed by atoms with van der Waals surface area (Å²) in [6.45, 7) is 5.28. The summed E-state index contributed by atoms with van der Waals surface area (Å²) in [7, 11) is 0. The molecule has 0 saturated carbocycles. The van der Waals surface area contributed by atoms with E-state index in [4.69, 9.17) is 20.9 Å². The van der Waals surface area contributed by atoms with Crippen LogP contribution < -0.4 is 21.5 Å². The van der Waals surface area contributed by atoms with Crippen LogP contribution in [0.2, 0.25) is 0 Å². The molecule has 12 nitrogen and oxygen atoms in total. The van der Waals surface area contributed by atoms with Gasteiger partial charge in [0, 0.05) is 36.3 Å². The molecule has 2 aliphatic heterocycles. The number of carbonyl (C=O) groups is 1. The van der Waals surface area contributed by atoms with Crippen LogP contribution in [0, 0.1) is 6.92 Å². The molecule has 5 heterocycles. The molecule has 1 unspecified atom stereocenters. The Kier molecular flexibility index (Phi) is 6.74. The van der Waals surface area contributed by atoms with E-state index in [9.17, 15) is 4.79 Å². The third-order valence-electron chi connectivity index (χ3n) is 6.93. The number of pyridine rings is 2. The highest BCUT2D eigenvalue weighted by atomic mass is 16.5. The van der Waals surface area contributed by atoms with Crippen molar-refractivity contribution in [2.75, 3.05) is 38.6 Å². The normalized spacial score (nSPS) is 17.0. The van der Waals surface area contributed by atoms with Crippen LogP contribution in [-0.2, 0) is 4.74 Å². The van der Waals surface area contributed by atoms with Gasteiger partial charge in [-0.25, -0.2) is 9.97 Å². The molecular formula is C28H29N9O3. The maximum absolute atomic E-state index is 12.4. The number of aliphatic imine (C=N–C) groups is 1. The minimum atomic E-state index is -0.726. The number of hydrogen-bond acceptors (Lipinski definition) is 10. The molecule has 40 heavy (non-hydrogen) atoms. The average molecular weight is 540 g/mol. The number of aromatic amines is 1. The molecule has 12 heteroatoms. The minimum Gasteiger partial charge on any atom is -0.473 e. The highest BCUT2D eigenvalue weighted by molar-refractivity contribution is 6.05. The number of fused-ring (bicyclic) bond motifs is 1. The van der Waals surface area contributed by atoms with Crippen LogP contribution in [-0.4, -0.2) is 76.3 Å². The molecule has 0 bridgehead atoms. The number of rotatable bonds is 7. The van der Waals surface area contributed by atoms with E-state index in [-0.39, 0.29) is 24.2 Å². The summed E-state index contributed by atoms with van der Waals surface area (Å²) in [6.07, 6.45) is 5.20. The fraction of sp³-hybridized carbons (Fsp3) is 0.250. The zero-order chi connectivity index (χ0) is 27.6. The van der Waals surface area contributed by atoms with Crippen LogP contribution in [0.1, 0.15) is 16.1 Å². The number of morpholine rings is 1. The summed E-state index contributed by atoms with van der Waals surface area (Å²) in [6, 6.07) is 11.1. The monoisotopic (exact) mass is 539 g/mol. The van der Waals surface area contributed by atoms with E-state index in [0.717, 1.165) is 40.9 Å². The van der Waals surface area contributed by atoms with Gasteiger partial charge < -0.3 is 31.2 Å². The van der Waals surface area contributed by atoms with E-state index >= 15 is 0 Å². The van der Waals surface area contributed by atoms with Gasteiger partial charge in [-0.15, -0.1) is 0 Å². The summed E-state index contributed by atoms with van der Waals surface area (Å²) in [5, 5.41) is 11.4. The van der Waals surface area contributed by atoms with Crippen molar-refractivity contribution in [2.45, 2.75) is 13.1 Å². The lowest BCUT2D eigenvalue weighted by atomic mass is 9.94. The number of anilines is 1. The van der Waals surface area contributed by atoms with Gasteiger partial charge in [0.25, 0.3) is 5.91 Å². The molecule has 2 aliphatic rings. The zero-order valence-electron chi connectivity index (χ0n) is 21.9. The van der Waals surface area contributed by atoms with Crippen LogP contribution >= 0.6 is 0 Å². The van der Waals surface area contributed by atoms with Gasteiger partial charge in [-0.05, 0) is 42.3 Å². The summed E-state index contributed by atoms with van der Waals surface area (Å²) in [4.78, 5) is 28.2. The Balaban J connectivity index is 1.27. The van der Waals surface area contributed by atoms with Crippen LogP contribution in [0.4, 0.5) is 5.69 Å². The van der Waals surface area contributed by atoms with Crippen LogP contribution in [0.25, 0.3) is 33.4 Å². The molecule has 6 rings (SSSR count). The molecule has 0 spiro atoms. The predicted octanol–water partition coefficient (Wildman–Crippen LogP) is 2.23. The number of nitrogens with one attached hydrogen (secondary N) is 2. The molecule has 0 aliphatic carbocycles. The summed E-state index contributed by atoms with van der Waals surface area (Å²) in [5.41, 5.74) is 16.5. The highest BCUT2D eigenvalue weighted by Crippen LogP contribution is 2.37. The van der Waals surface area contributed by atoms with Crippen molar-refractivity contribution < 1.29 is 14.3 Å². The summed E-state index contributed by atoms with van der Waals surface area (Å²) >= 11 is 0. The number of nitrogens with two attached hydrogens (primary N) is 2. The van der Waals surface area contributed by atoms with Crippen molar-refractivity contribution in [1.82, 2.24) is 30.4 Å². The molecule has 4 aromatic rings. The van der Waals surface area contributed by atoms with Gasteiger partial charge in [0.2, 0.25) is 5.88 Å². The number of nitrogen functional groups attached to an aromatic ring is 1. The van der Waals surface area contributed by atoms with E-state index in [2.05, 4.69) is 35.4 Å². The third-order valence-corrected chi connectivity index (χ3v) is 6.93. The minimum absolute atomic E-state index is 0.0244. The number of hydrogen-bond donors (Lipinski definition) is 4. The van der Waals surface area contributed by atoms with Gasteiger partial charge in [0.15, 0.2) is 11.9 Å². The van der Waals surface area contributed by atoms with E-state index in [1.54, 1.807) is 24.5 Å². The first-order valence-electron chi connectivity index (χ1n) is 12.9. The number of benzene rings is 1. The Morgan fingerprint density at radius 2 is 2.02 bits per heavy atom. The zero-order valence-corrected chi connectivity index (χ0v) is 21.9. The number of allylic oxidation sites excluding steroid dienone is 1. The molecule has 204 valence electrons. The Morgan fingerprint density at radius 3 is 2.85 bits per heavy atom. The van der Waals surface area contributed by atoms with Crippen molar-refractivity contribution in [1.29, 1.82) is 0 Å². The standard InChI is InChI=1S/C28H29N9O3/c1-16-5-6-19-18(14-32-36-19)25(16)17-13-21(34-27(26(17)29)28(30)38)20-3-2-4-24(33-20)40-15-22-31-8-7-23(35-22)37-9-11-39-12-10-37/h2-8,13-14,22,35H,9-12,15,29H2,1H3,(H2,30,38)(H,32,36). The molecule has 1 amide bonds. The Morgan fingerprint density at radius 1 is 1.18 bits per heavy atom. The molecule has 1 aromatic carbocycles. The van der Waals surface area contributed by atoms with Crippen molar-refractivity contribution in [3.05, 3.63) is 65.7 Å². The summed E-state index contributed by atoms with van der Waals surface area (Å²) in [5.74, 6) is 0.662. The summed E-state index contributed by atoms with van der Waals surface area (Å²) < 4.78 is 11.5. The fourth-order valence-corrected chi connectivity index (χ4v) is 4.93. The fourth-order valence-electron chi connectivity index (χ4n) is 4.93. The Bertz CT molecular complexity index is 1640. The largest absolute Gasteiger partial charge is 0.473 e. The lowest BCUT2D eigenvalue weighted by molar-refractivity contribution is 0.0487. The number of H-pyrrole nitrogens is 1. The number of carbonyl (C=O) groups excluding carboxylic acids is 1. The van der Waals surface area contributed by atoms with Gasteiger partial charge in [-0.1, -0.05) is 12.1 Å². The number of ether oxygens (including phenoxy) is 2. The van der Waals surface area contributed by atoms with E-state index < -0.39 is 5.91 Å². The van der Waals surface area contributed by atoms with Crippen molar-refractivity contribution in [3.63, 3.8) is 0 Å². The van der Waals surface area contributed by atoms with Crippen LogP contribution in [0.3, 0.4) is 0 Å². The van der Waals surface area contributed by atoms with Gasteiger partial charge >= 0.3 is 0 Å². The highest BCUT2D eigenvalue weighted by Gasteiger charge is 2.22. The van der Waals surface area contributed by atoms with Crippen LogP contribution in [0.15, 0.2) is 59.5 Å². The number of nitrogens with zero attached hydrogens (tertiary/aromatic N) is 5. The second-order valence-electron chi connectivity index (χ2n) is 9.55. The van der Waals surface area contributed by atoms with Crippen LogP contribution in [0.5, 0.6) is 5.88 Å². The topological polar surface area (TPSA) is 170 Å². The molecule has 1 atom stereocenters. The van der Waals surface area contributed by atoms with E-state index in [1.807, 2.05) is 37.3 Å². The molecular weight excluding hydrogens is 510 g/mol. The van der Waals surface area contributed by atoms with Gasteiger partial charge in [0.1, 0.15) is 12.4 Å². The maximum atomic E-state index is 12.4. The Labute approximate surface area is 230 Å². The first kappa shape index (κ1) is 25.3. The second kappa shape index (κ2) is 10.7. The Hall–Kier alpha value is -4.97. The molecule has 0 radical (unpaired) electrons. The van der Waals surface area contributed by atoms with E-state index in [1.165, 1.54) is 0 Å². The molecule has 3 aromatic heterocycles. The number of amides is 1. The number of aryl methyl sites for hydroxylation is 1. The SMILES string of the molecule is Cc1ccc2[nH]ncc2c1-c1cc(-c2cccc(OCC3N=CC=C(N4CCOCC4)N3)n2)nc(C(N)=O)c1N. The number of aromatic nitrogens is 4. The van der Waals surface area contributed by atoms with Gasteiger partial charge in [0.05, 0.1) is 42.0 Å². The lowest BCUT2D eigenvalue weighted by Crippen LogP contribution is -2.45. The first-order chi connectivity index (χ1) is 19.5. The number of primary amides is 1. The van der Waals surface area contributed by atoms with Crippen molar-refractivity contribution in [2.24, 2.45) is 10.7 Å². The average Bonchev–Trinajstić information content (AvgIpc) is 3.46.